The summed E-state index contributed by atoms with van der Waals surface area (Å²) >= 11 is 6.79. The normalized spacial score (nSPS) is 31.1. The molecule has 2 aliphatic carbocycles. The molecule has 2 bridgehead atoms. The van der Waals surface area contributed by atoms with Crippen molar-refractivity contribution in [2.24, 2.45) is 17.8 Å². The van der Waals surface area contributed by atoms with Gasteiger partial charge in [-0.3, -0.25) is 4.79 Å². The van der Waals surface area contributed by atoms with Gasteiger partial charge in [0.1, 0.15) is 11.5 Å². The summed E-state index contributed by atoms with van der Waals surface area (Å²) in [7, 11) is 0. The van der Waals surface area contributed by atoms with Crippen molar-refractivity contribution in [2.75, 3.05) is 0 Å². The summed E-state index contributed by atoms with van der Waals surface area (Å²) < 4.78 is 7.46. The van der Waals surface area contributed by atoms with E-state index in [4.69, 9.17) is 4.42 Å². The molecule has 5 atom stereocenters. The first-order valence-corrected chi connectivity index (χ1v) is 11.9. The minimum atomic E-state index is 0.0597. The molecule has 1 aliphatic heterocycles. The van der Waals surface area contributed by atoms with Crippen molar-refractivity contribution in [3.8, 4) is 11.3 Å². The molecule has 3 heterocycles. The standard InChI is InChI=1S/C21H18BrNO2S2/c22-13-5-3-10(4-6-13)14-7-8-15(25-14)17-16-11-1-2-12(9-11)18(16)26-20-19(17)27-21(24)23-20/h3-8,11-12,16-18H,1-2,9H2,(H,23,24)/t11-,12-,16-,17+,18-/m0/s1. The average molecular weight is 460 g/mol. The fraction of sp³-hybridized carbons (Fsp3) is 0.381. The van der Waals surface area contributed by atoms with Gasteiger partial charge in [-0.05, 0) is 61.3 Å². The van der Waals surface area contributed by atoms with Gasteiger partial charge in [0.05, 0.1) is 15.8 Å². The topological polar surface area (TPSA) is 46.0 Å². The first-order chi connectivity index (χ1) is 13.2. The molecule has 138 valence electrons. The molecule has 2 fully saturated rings. The van der Waals surface area contributed by atoms with E-state index in [1.165, 1.54) is 35.5 Å². The Kier molecular flexibility index (Phi) is 3.79. The highest BCUT2D eigenvalue weighted by Crippen LogP contribution is 2.63. The van der Waals surface area contributed by atoms with Crippen LogP contribution in [0.1, 0.15) is 35.8 Å². The van der Waals surface area contributed by atoms with Crippen LogP contribution in [-0.4, -0.2) is 10.2 Å². The number of thiazole rings is 1. The van der Waals surface area contributed by atoms with Gasteiger partial charge >= 0.3 is 4.87 Å². The van der Waals surface area contributed by atoms with E-state index >= 15 is 0 Å². The number of halogens is 1. The van der Waals surface area contributed by atoms with Gasteiger partial charge in [0.2, 0.25) is 0 Å². The summed E-state index contributed by atoms with van der Waals surface area (Å²) in [6, 6.07) is 12.4. The zero-order chi connectivity index (χ0) is 18.1. The van der Waals surface area contributed by atoms with Crippen LogP contribution >= 0.6 is 39.0 Å². The Balaban J connectivity index is 1.45. The number of H-pyrrole nitrogens is 1. The molecule has 0 spiro atoms. The van der Waals surface area contributed by atoms with Crippen LogP contribution < -0.4 is 4.87 Å². The van der Waals surface area contributed by atoms with E-state index in [2.05, 4.69) is 45.2 Å². The van der Waals surface area contributed by atoms with Crippen molar-refractivity contribution < 1.29 is 4.42 Å². The van der Waals surface area contributed by atoms with E-state index in [0.717, 1.165) is 38.4 Å². The molecule has 0 amide bonds. The zero-order valence-corrected chi connectivity index (χ0v) is 17.7. The van der Waals surface area contributed by atoms with Gasteiger partial charge in [0.25, 0.3) is 0 Å². The van der Waals surface area contributed by atoms with Crippen molar-refractivity contribution in [1.82, 2.24) is 4.98 Å². The summed E-state index contributed by atoms with van der Waals surface area (Å²) in [6.45, 7) is 0. The Labute approximate surface area is 173 Å². The molecule has 27 heavy (non-hydrogen) atoms. The molecule has 1 N–H and O–H groups in total. The van der Waals surface area contributed by atoms with Crippen molar-refractivity contribution in [3.05, 3.63) is 61.2 Å². The summed E-state index contributed by atoms with van der Waals surface area (Å²) in [4.78, 5) is 16.4. The Hall–Kier alpha value is -1.24. The van der Waals surface area contributed by atoms with Crippen LogP contribution in [0, 0.1) is 17.8 Å². The van der Waals surface area contributed by atoms with Gasteiger partial charge in [-0.1, -0.05) is 39.4 Å². The minimum Gasteiger partial charge on any atom is -0.460 e. The third-order valence-corrected chi connectivity index (χ3v) is 9.68. The van der Waals surface area contributed by atoms with E-state index in [1.54, 1.807) is 0 Å². The van der Waals surface area contributed by atoms with E-state index in [-0.39, 0.29) is 10.8 Å². The summed E-state index contributed by atoms with van der Waals surface area (Å²) in [5, 5.41) is 1.71. The summed E-state index contributed by atoms with van der Waals surface area (Å²) in [5.74, 6) is 4.30. The fourth-order valence-electron chi connectivity index (χ4n) is 5.46. The number of furan rings is 1. The largest absolute Gasteiger partial charge is 0.460 e. The molecule has 3 nitrogen and oxygen atoms in total. The van der Waals surface area contributed by atoms with Gasteiger partial charge in [0.15, 0.2) is 0 Å². The number of nitrogens with one attached hydrogen (secondary N) is 1. The van der Waals surface area contributed by atoms with Crippen molar-refractivity contribution in [3.63, 3.8) is 0 Å². The minimum absolute atomic E-state index is 0.0597. The third-order valence-electron chi connectivity index (χ3n) is 6.53. The lowest BCUT2D eigenvalue weighted by Crippen LogP contribution is -2.33. The molecular weight excluding hydrogens is 442 g/mol. The molecule has 0 radical (unpaired) electrons. The predicted molar refractivity (Wildman–Crippen MR) is 113 cm³/mol. The second kappa shape index (κ2) is 6.13. The van der Waals surface area contributed by atoms with Crippen molar-refractivity contribution >= 4 is 39.0 Å². The van der Waals surface area contributed by atoms with E-state index in [0.29, 0.717) is 11.2 Å². The van der Waals surface area contributed by atoms with Gasteiger partial charge in [-0.15, -0.1) is 11.8 Å². The molecule has 2 saturated carbocycles. The average Bonchev–Trinajstić information content (AvgIpc) is 3.43. The van der Waals surface area contributed by atoms with Crippen LogP contribution in [0.15, 0.2) is 55.1 Å². The monoisotopic (exact) mass is 459 g/mol. The predicted octanol–water partition coefficient (Wildman–Crippen LogP) is 6.11. The highest BCUT2D eigenvalue weighted by Gasteiger charge is 2.55. The van der Waals surface area contributed by atoms with Crippen LogP contribution in [0.3, 0.4) is 0 Å². The SMILES string of the molecule is O=c1[nH]c2c(s1)[C@H](c1ccc(-c3ccc(Br)cc3)o1)[C@@H]1[C@H]3CC[C@@H](C3)[C@@H]1S2. The number of aromatic amines is 1. The lowest BCUT2D eigenvalue weighted by Gasteiger charge is -2.38. The van der Waals surface area contributed by atoms with Crippen molar-refractivity contribution in [1.29, 1.82) is 0 Å². The molecule has 3 aliphatic rings. The maximum atomic E-state index is 12.1. The lowest BCUT2D eigenvalue weighted by molar-refractivity contribution is 0.285. The molecule has 0 unspecified atom stereocenters. The maximum absolute atomic E-state index is 12.1. The molecule has 6 heteroatoms. The molecule has 6 rings (SSSR count). The van der Waals surface area contributed by atoms with E-state index < -0.39 is 0 Å². The quantitative estimate of drug-likeness (QED) is 0.502. The smallest absolute Gasteiger partial charge is 0.305 e. The molecular formula is C21H18BrNO2S2. The molecule has 0 saturated heterocycles. The van der Waals surface area contributed by atoms with Gasteiger partial charge in [0, 0.05) is 15.3 Å². The van der Waals surface area contributed by atoms with Crippen LogP contribution in [0.2, 0.25) is 0 Å². The molecule has 1 aromatic carbocycles. The third kappa shape index (κ3) is 2.56. The van der Waals surface area contributed by atoms with Crippen LogP contribution in [0.25, 0.3) is 11.3 Å². The van der Waals surface area contributed by atoms with E-state index in [1.807, 2.05) is 23.9 Å². The second-order valence-corrected chi connectivity index (χ2v) is 11.0. The second-order valence-electron chi connectivity index (χ2n) is 7.89. The molecule has 3 aromatic rings. The van der Waals surface area contributed by atoms with Crippen LogP contribution in [-0.2, 0) is 0 Å². The number of thioether (sulfide) groups is 1. The number of rotatable bonds is 2. The van der Waals surface area contributed by atoms with Gasteiger partial charge < -0.3 is 9.40 Å². The summed E-state index contributed by atoms with van der Waals surface area (Å²) in [6.07, 6.45) is 4.02. The maximum Gasteiger partial charge on any atom is 0.305 e. The van der Waals surface area contributed by atoms with Crippen LogP contribution in [0.4, 0.5) is 0 Å². The zero-order valence-electron chi connectivity index (χ0n) is 14.5. The van der Waals surface area contributed by atoms with Crippen LogP contribution in [0.5, 0.6) is 0 Å². The number of fused-ring (bicyclic) bond motifs is 6. The first kappa shape index (κ1) is 16.7. The number of hydrogen-bond donors (Lipinski definition) is 1. The lowest BCUT2D eigenvalue weighted by atomic mass is 9.77. The number of hydrogen-bond acceptors (Lipinski definition) is 4. The summed E-state index contributed by atoms with van der Waals surface area (Å²) in [5.41, 5.74) is 1.08. The van der Waals surface area contributed by atoms with Crippen molar-refractivity contribution in [2.45, 2.75) is 35.5 Å². The van der Waals surface area contributed by atoms with Gasteiger partial charge in [-0.2, -0.15) is 0 Å². The Morgan fingerprint density at radius 2 is 1.89 bits per heavy atom. The highest BCUT2D eigenvalue weighted by molar-refractivity contribution is 9.10. The Bertz CT molecular complexity index is 1070. The molecule has 2 aromatic heterocycles. The highest BCUT2D eigenvalue weighted by atomic mass is 79.9. The fourth-order valence-corrected chi connectivity index (χ4v) is 8.60. The van der Waals surface area contributed by atoms with E-state index in [9.17, 15) is 4.79 Å². The Morgan fingerprint density at radius 3 is 2.74 bits per heavy atom. The van der Waals surface area contributed by atoms with Gasteiger partial charge in [-0.25, -0.2) is 0 Å². The number of aromatic nitrogens is 1. The number of benzene rings is 1. The Morgan fingerprint density at radius 1 is 1.07 bits per heavy atom. The first-order valence-electron chi connectivity index (χ1n) is 9.43.